The molecule has 2 N–H and O–H groups in total. The topological polar surface area (TPSA) is 62.8 Å². The molecule has 0 bridgehead atoms. The Balaban J connectivity index is 2.38. The van der Waals surface area contributed by atoms with E-state index in [-0.39, 0.29) is 18.2 Å². The monoisotopic (exact) mass is 337 g/mol. The highest BCUT2D eigenvalue weighted by Gasteiger charge is 2.15. The van der Waals surface area contributed by atoms with Crippen molar-refractivity contribution in [1.29, 1.82) is 0 Å². The number of benzene rings is 1. The SMILES string of the molecule is COc1ccc(C(CNC(=O)NCCCOC(C)C)N(C)C)cc1. The van der Waals surface area contributed by atoms with Crippen molar-refractivity contribution >= 4 is 6.03 Å². The Labute approximate surface area is 145 Å². The molecule has 0 aliphatic rings. The maximum Gasteiger partial charge on any atom is 0.314 e. The molecule has 1 aromatic carbocycles. The van der Waals surface area contributed by atoms with E-state index in [0.29, 0.717) is 19.7 Å². The number of carbonyl (C=O) groups is 1. The first kappa shape index (κ1) is 20.3. The quantitative estimate of drug-likeness (QED) is 0.644. The second-order valence-corrected chi connectivity index (χ2v) is 6.16. The first-order chi connectivity index (χ1) is 11.4. The van der Waals surface area contributed by atoms with E-state index in [1.54, 1.807) is 7.11 Å². The molecule has 0 fully saturated rings. The minimum atomic E-state index is -0.153. The molecule has 0 aromatic heterocycles. The molecular formula is C18H31N3O3. The zero-order valence-electron chi connectivity index (χ0n) is 15.5. The molecule has 0 radical (unpaired) electrons. The standard InChI is InChI=1S/C18H31N3O3/c1-14(2)24-12-6-11-19-18(22)20-13-17(21(3)4)15-7-9-16(23-5)10-8-15/h7-10,14,17H,6,11-13H2,1-5H3,(H2,19,20,22). The summed E-state index contributed by atoms with van der Waals surface area (Å²) in [5.74, 6) is 0.825. The van der Waals surface area contributed by atoms with Gasteiger partial charge < -0.3 is 25.0 Å². The third-order valence-corrected chi connectivity index (χ3v) is 3.64. The first-order valence-corrected chi connectivity index (χ1v) is 8.37. The Morgan fingerprint density at radius 1 is 1.17 bits per heavy atom. The van der Waals surface area contributed by atoms with E-state index in [2.05, 4.69) is 15.5 Å². The van der Waals surface area contributed by atoms with Crippen molar-refractivity contribution in [2.45, 2.75) is 32.4 Å². The number of ether oxygens (including phenoxy) is 2. The first-order valence-electron chi connectivity index (χ1n) is 8.37. The minimum Gasteiger partial charge on any atom is -0.497 e. The number of rotatable bonds is 10. The van der Waals surface area contributed by atoms with Gasteiger partial charge in [-0.25, -0.2) is 4.79 Å². The van der Waals surface area contributed by atoms with Crippen LogP contribution in [0.4, 0.5) is 4.79 Å². The smallest absolute Gasteiger partial charge is 0.314 e. The molecule has 1 atom stereocenters. The zero-order valence-corrected chi connectivity index (χ0v) is 15.5. The lowest BCUT2D eigenvalue weighted by Crippen LogP contribution is -2.41. The van der Waals surface area contributed by atoms with E-state index in [1.807, 2.05) is 52.2 Å². The van der Waals surface area contributed by atoms with Crippen molar-refractivity contribution in [2.24, 2.45) is 0 Å². The maximum atomic E-state index is 11.9. The van der Waals surface area contributed by atoms with E-state index in [9.17, 15) is 4.79 Å². The Bertz CT molecular complexity index is 475. The second kappa shape index (κ2) is 10.9. The Kier molecular flexibility index (Phi) is 9.19. The molecule has 0 aliphatic carbocycles. The van der Waals surface area contributed by atoms with Crippen LogP contribution in [0.15, 0.2) is 24.3 Å². The fraction of sp³-hybridized carbons (Fsp3) is 0.611. The van der Waals surface area contributed by atoms with Crippen LogP contribution in [-0.2, 0) is 4.74 Å². The van der Waals surface area contributed by atoms with E-state index < -0.39 is 0 Å². The van der Waals surface area contributed by atoms with Crippen molar-refractivity contribution in [1.82, 2.24) is 15.5 Å². The molecule has 136 valence electrons. The van der Waals surface area contributed by atoms with Gasteiger partial charge in [-0.3, -0.25) is 0 Å². The van der Waals surface area contributed by atoms with Crippen LogP contribution in [0.3, 0.4) is 0 Å². The number of hydrogen-bond donors (Lipinski definition) is 2. The number of hydrogen-bond acceptors (Lipinski definition) is 4. The lowest BCUT2D eigenvalue weighted by molar-refractivity contribution is 0.0774. The number of nitrogens with zero attached hydrogens (tertiary/aromatic N) is 1. The normalized spacial score (nSPS) is 12.3. The van der Waals surface area contributed by atoms with Crippen molar-refractivity contribution in [3.63, 3.8) is 0 Å². The molecule has 0 saturated carbocycles. The summed E-state index contributed by atoms with van der Waals surface area (Å²) in [6.07, 6.45) is 1.03. The fourth-order valence-electron chi connectivity index (χ4n) is 2.27. The minimum absolute atomic E-state index is 0.103. The molecule has 1 aromatic rings. The predicted octanol–water partition coefficient (Wildman–Crippen LogP) is 2.41. The van der Waals surface area contributed by atoms with Crippen molar-refractivity contribution < 1.29 is 14.3 Å². The summed E-state index contributed by atoms with van der Waals surface area (Å²) in [5.41, 5.74) is 1.13. The Morgan fingerprint density at radius 3 is 2.38 bits per heavy atom. The number of methoxy groups -OCH3 is 1. The van der Waals surface area contributed by atoms with Gasteiger partial charge >= 0.3 is 6.03 Å². The maximum absolute atomic E-state index is 11.9. The third kappa shape index (κ3) is 7.66. The highest BCUT2D eigenvalue weighted by molar-refractivity contribution is 5.73. The van der Waals surface area contributed by atoms with Crippen molar-refractivity contribution in [2.75, 3.05) is 40.9 Å². The fourth-order valence-corrected chi connectivity index (χ4v) is 2.27. The third-order valence-electron chi connectivity index (χ3n) is 3.64. The van der Waals surface area contributed by atoms with Crippen LogP contribution >= 0.6 is 0 Å². The summed E-state index contributed by atoms with van der Waals surface area (Å²) in [6.45, 7) is 5.80. The molecule has 1 rings (SSSR count). The van der Waals surface area contributed by atoms with Gasteiger partial charge in [0.05, 0.1) is 19.3 Å². The summed E-state index contributed by atoms with van der Waals surface area (Å²) in [7, 11) is 5.64. The number of likely N-dealkylation sites (N-methyl/N-ethyl adjacent to an activating group) is 1. The lowest BCUT2D eigenvalue weighted by atomic mass is 10.1. The lowest BCUT2D eigenvalue weighted by Gasteiger charge is -2.25. The zero-order chi connectivity index (χ0) is 17.9. The number of amides is 2. The molecule has 0 heterocycles. The average molecular weight is 337 g/mol. The molecule has 6 nitrogen and oxygen atoms in total. The van der Waals surface area contributed by atoms with Gasteiger partial charge in [0.1, 0.15) is 5.75 Å². The second-order valence-electron chi connectivity index (χ2n) is 6.16. The van der Waals surface area contributed by atoms with Crippen LogP contribution in [0.2, 0.25) is 0 Å². The summed E-state index contributed by atoms with van der Waals surface area (Å²) in [6, 6.07) is 7.85. The van der Waals surface area contributed by atoms with E-state index in [1.165, 1.54) is 0 Å². The molecule has 0 aliphatic heterocycles. The van der Waals surface area contributed by atoms with E-state index in [0.717, 1.165) is 17.7 Å². The molecule has 2 amide bonds. The van der Waals surface area contributed by atoms with Crippen molar-refractivity contribution in [3.8, 4) is 5.75 Å². The summed E-state index contributed by atoms with van der Waals surface area (Å²) in [4.78, 5) is 14.0. The molecule has 6 heteroatoms. The number of nitrogens with one attached hydrogen (secondary N) is 2. The molecule has 0 saturated heterocycles. The summed E-state index contributed by atoms with van der Waals surface area (Å²) >= 11 is 0. The van der Waals surface area contributed by atoms with Gasteiger partial charge in [-0.15, -0.1) is 0 Å². The van der Waals surface area contributed by atoms with Gasteiger partial charge in [-0.05, 0) is 52.1 Å². The van der Waals surface area contributed by atoms with Crippen molar-refractivity contribution in [3.05, 3.63) is 29.8 Å². The highest BCUT2D eigenvalue weighted by atomic mass is 16.5. The van der Waals surface area contributed by atoms with Crippen LogP contribution < -0.4 is 15.4 Å². The highest BCUT2D eigenvalue weighted by Crippen LogP contribution is 2.20. The van der Waals surface area contributed by atoms with Gasteiger partial charge in [0.2, 0.25) is 0 Å². The van der Waals surface area contributed by atoms with Gasteiger partial charge in [0.25, 0.3) is 0 Å². The van der Waals surface area contributed by atoms with Crippen LogP contribution in [0, 0.1) is 0 Å². The van der Waals surface area contributed by atoms with Gasteiger partial charge in [-0.2, -0.15) is 0 Å². The van der Waals surface area contributed by atoms with Crippen LogP contribution in [-0.4, -0.2) is 57.9 Å². The van der Waals surface area contributed by atoms with Crippen LogP contribution in [0.1, 0.15) is 31.9 Å². The van der Waals surface area contributed by atoms with Gasteiger partial charge in [0, 0.05) is 19.7 Å². The Morgan fingerprint density at radius 2 is 1.83 bits per heavy atom. The molecule has 1 unspecified atom stereocenters. The molecular weight excluding hydrogens is 306 g/mol. The predicted molar refractivity (Wildman–Crippen MR) is 96.5 cm³/mol. The summed E-state index contributed by atoms with van der Waals surface area (Å²) < 4.78 is 10.6. The molecule has 0 spiro atoms. The van der Waals surface area contributed by atoms with Gasteiger partial charge in [0.15, 0.2) is 0 Å². The number of carbonyl (C=O) groups excluding carboxylic acids is 1. The van der Waals surface area contributed by atoms with Crippen LogP contribution in [0.25, 0.3) is 0 Å². The summed E-state index contributed by atoms with van der Waals surface area (Å²) in [5, 5.41) is 5.78. The largest absolute Gasteiger partial charge is 0.497 e. The van der Waals surface area contributed by atoms with E-state index in [4.69, 9.17) is 9.47 Å². The number of urea groups is 1. The van der Waals surface area contributed by atoms with Gasteiger partial charge in [-0.1, -0.05) is 12.1 Å². The van der Waals surface area contributed by atoms with E-state index >= 15 is 0 Å². The Hall–Kier alpha value is -1.79. The average Bonchev–Trinajstić information content (AvgIpc) is 2.54. The van der Waals surface area contributed by atoms with Crippen LogP contribution in [0.5, 0.6) is 5.75 Å². The molecule has 24 heavy (non-hydrogen) atoms.